The van der Waals surface area contributed by atoms with Crippen molar-refractivity contribution in [1.82, 2.24) is 5.32 Å². The fourth-order valence-corrected chi connectivity index (χ4v) is 2.98. The summed E-state index contributed by atoms with van der Waals surface area (Å²) < 4.78 is 0. The molecule has 0 aliphatic heterocycles. The van der Waals surface area contributed by atoms with Crippen molar-refractivity contribution in [3.05, 3.63) is 34.9 Å². The Labute approximate surface area is 108 Å². The van der Waals surface area contributed by atoms with Crippen molar-refractivity contribution in [1.29, 1.82) is 0 Å². The molecule has 98 valence electrons. The molecule has 1 atom stereocenters. The first-order valence-electron chi connectivity index (χ1n) is 6.49. The van der Waals surface area contributed by atoms with E-state index >= 15 is 0 Å². The molecule has 1 aromatic carbocycles. The van der Waals surface area contributed by atoms with E-state index in [2.05, 4.69) is 23.5 Å². The lowest BCUT2D eigenvalue weighted by Gasteiger charge is -2.44. The number of benzene rings is 1. The van der Waals surface area contributed by atoms with Crippen molar-refractivity contribution in [2.45, 2.75) is 39.2 Å². The van der Waals surface area contributed by atoms with Crippen LogP contribution in [-0.2, 0) is 4.79 Å². The summed E-state index contributed by atoms with van der Waals surface area (Å²) in [5, 5.41) is 12.8. The van der Waals surface area contributed by atoms with Crippen molar-refractivity contribution < 1.29 is 9.90 Å². The summed E-state index contributed by atoms with van der Waals surface area (Å²) in [7, 11) is 1.86. The van der Waals surface area contributed by atoms with Crippen LogP contribution < -0.4 is 5.32 Å². The highest BCUT2D eigenvalue weighted by Gasteiger charge is 2.51. The Hall–Kier alpha value is -1.35. The third kappa shape index (κ3) is 1.93. The lowest BCUT2D eigenvalue weighted by molar-refractivity contribution is -0.157. The highest BCUT2D eigenvalue weighted by atomic mass is 16.4. The molecule has 0 radical (unpaired) electrons. The number of aryl methyl sites for hydroxylation is 2. The van der Waals surface area contributed by atoms with E-state index in [0.29, 0.717) is 0 Å². The van der Waals surface area contributed by atoms with Crippen LogP contribution in [0.4, 0.5) is 0 Å². The van der Waals surface area contributed by atoms with Crippen molar-refractivity contribution in [3.8, 4) is 0 Å². The van der Waals surface area contributed by atoms with E-state index in [4.69, 9.17) is 0 Å². The summed E-state index contributed by atoms with van der Waals surface area (Å²) in [6.07, 6.45) is 2.54. The van der Waals surface area contributed by atoms with Crippen LogP contribution in [0.3, 0.4) is 0 Å². The molecule has 1 fully saturated rings. The van der Waals surface area contributed by atoms with Crippen molar-refractivity contribution >= 4 is 5.97 Å². The second-order valence-electron chi connectivity index (χ2n) is 5.40. The minimum Gasteiger partial charge on any atom is -0.481 e. The van der Waals surface area contributed by atoms with Gasteiger partial charge in [-0.3, -0.25) is 4.79 Å². The molecular weight excluding hydrogens is 226 g/mol. The van der Waals surface area contributed by atoms with E-state index in [1.807, 2.05) is 20.9 Å². The van der Waals surface area contributed by atoms with Crippen LogP contribution in [0.15, 0.2) is 18.2 Å². The quantitative estimate of drug-likeness (QED) is 0.860. The number of carboxylic acid groups (broad SMARTS) is 1. The zero-order valence-corrected chi connectivity index (χ0v) is 11.3. The number of carboxylic acids is 1. The van der Waals surface area contributed by atoms with E-state index in [1.54, 1.807) is 0 Å². The molecule has 1 aliphatic rings. The standard InChI is InChI=1S/C15H21NO2/c1-10-5-6-11(2)12(9-10)13(16-3)15(14(17)18)7-4-8-15/h5-6,9,13,16H,4,7-8H2,1-3H3,(H,17,18). The van der Waals surface area contributed by atoms with Gasteiger partial charge in [0.15, 0.2) is 0 Å². The highest BCUT2D eigenvalue weighted by molar-refractivity contribution is 5.77. The molecular formula is C15H21NO2. The van der Waals surface area contributed by atoms with Crippen LogP contribution in [0.2, 0.25) is 0 Å². The fraction of sp³-hybridized carbons (Fsp3) is 0.533. The van der Waals surface area contributed by atoms with Gasteiger partial charge >= 0.3 is 5.97 Å². The number of hydrogen-bond acceptors (Lipinski definition) is 2. The van der Waals surface area contributed by atoms with E-state index in [0.717, 1.165) is 30.4 Å². The predicted molar refractivity (Wildman–Crippen MR) is 71.6 cm³/mol. The summed E-state index contributed by atoms with van der Waals surface area (Å²) >= 11 is 0. The smallest absolute Gasteiger partial charge is 0.311 e. The number of nitrogens with one attached hydrogen (secondary N) is 1. The predicted octanol–water partition coefficient (Wildman–Crippen LogP) is 2.82. The maximum atomic E-state index is 11.6. The summed E-state index contributed by atoms with van der Waals surface area (Å²) in [5.74, 6) is -0.672. The van der Waals surface area contributed by atoms with E-state index in [9.17, 15) is 9.90 Å². The Morgan fingerprint density at radius 1 is 1.39 bits per heavy atom. The van der Waals surface area contributed by atoms with Crippen molar-refractivity contribution in [3.63, 3.8) is 0 Å². The van der Waals surface area contributed by atoms with Crippen LogP contribution in [0, 0.1) is 19.3 Å². The fourth-order valence-electron chi connectivity index (χ4n) is 2.98. The SMILES string of the molecule is CNC(c1cc(C)ccc1C)C1(C(=O)O)CCC1. The first-order valence-corrected chi connectivity index (χ1v) is 6.49. The average Bonchev–Trinajstić information content (AvgIpc) is 2.26. The largest absolute Gasteiger partial charge is 0.481 e. The Morgan fingerprint density at radius 2 is 2.06 bits per heavy atom. The van der Waals surface area contributed by atoms with Crippen LogP contribution in [0.25, 0.3) is 0 Å². The Morgan fingerprint density at radius 3 is 2.50 bits per heavy atom. The molecule has 1 aromatic rings. The van der Waals surface area contributed by atoms with Gasteiger partial charge in [-0.25, -0.2) is 0 Å². The Bertz CT molecular complexity index is 464. The van der Waals surface area contributed by atoms with Gasteiger partial charge in [-0.2, -0.15) is 0 Å². The van der Waals surface area contributed by atoms with Gasteiger partial charge in [-0.05, 0) is 44.9 Å². The first kappa shape index (κ1) is 13.1. The molecule has 3 heteroatoms. The number of carbonyl (C=O) groups is 1. The first-order chi connectivity index (χ1) is 8.51. The molecule has 18 heavy (non-hydrogen) atoms. The van der Waals surface area contributed by atoms with Gasteiger partial charge in [0, 0.05) is 6.04 Å². The molecule has 1 aliphatic carbocycles. The summed E-state index contributed by atoms with van der Waals surface area (Å²) in [6.45, 7) is 4.09. The Balaban J connectivity index is 2.45. The number of hydrogen-bond donors (Lipinski definition) is 2. The van der Waals surface area contributed by atoms with Crippen LogP contribution in [-0.4, -0.2) is 18.1 Å². The second kappa shape index (κ2) is 4.73. The van der Waals surface area contributed by atoms with Crippen LogP contribution in [0.5, 0.6) is 0 Å². The van der Waals surface area contributed by atoms with Gasteiger partial charge in [0.2, 0.25) is 0 Å². The normalized spacial score (nSPS) is 19.1. The topological polar surface area (TPSA) is 49.3 Å². The van der Waals surface area contributed by atoms with Gasteiger partial charge in [-0.15, -0.1) is 0 Å². The molecule has 1 unspecified atom stereocenters. The molecule has 3 nitrogen and oxygen atoms in total. The molecule has 0 saturated heterocycles. The third-order valence-electron chi connectivity index (χ3n) is 4.26. The lowest BCUT2D eigenvalue weighted by atomic mass is 9.62. The van der Waals surface area contributed by atoms with Gasteiger partial charge in [-0.1, -0.05) is 30.2 Å². The third-order valence-corrected chi connectivity index (χ3v) is 4.26. The highest BCUT2D eigenvalue weighted by Crippen LogP contribution is 2.50. The maximum Gasteiger partial charge on any atom is 0.311 e. The monoisotopic (exact) mass is 247 g/mol. The van der Waals surface area contributed by atoms with Gasteiger partial charge in [0.1, 0.15) is 0 Å². The number of aliphatic carboxylic acids is 1. The van der Waals surface area contributed by atoms with Crippen LogP contribution in [0.1, 0.15) is 42.0 Å². The van der Waals surface area contributed by atoms with E-state index in [1.165, 1.54) is 5.56 Å². The zero-order chi connectivity index (χ0) is 13.3. The molecule has 2 N–H and O–H groups in total. The maximum absolute atomic E-state index is 11.6. The van der Waals surface area contributed by atoms with Gasteiger partial charge in [0.05, 0.1) is 5.41 Å². The second-order valence-corrected chi connectivity index (χ2v) is 5.40. The molecule has 1 saturated carbocycles. The average molecular weight is 247 g/mol. The summed E-state index contributed by atoms with van der Waals surface area (Å²) in [5.41, 5.74) is 2.84. The zero-order valence-electron chi connectivity index (χ0n) is 11.3. The minimum atomic E-state index is -0.672. The van der Waals surface area contributed by atoms with Gasteiger partial charge < -0.3 is 10.4 Å². The molecule has 0 aromatic heterocycles. The minimum absolute atomic E-state index is 0.0938. The van der Waals surface area contributed by atoms with E-state index < -0.39 is 11.4 Å². The molecule has 0 spiro atoms. The molecule has 0 heterocycles. The molecule has 0 bridgehead atoms. The molecule has 2 rings (SSSR count). The summed E-state index contributed by atoms with van der Waals surface area (Å²) in [4.78, 5) is 11.6. The van der Waals surface area contributed by atoms with Gasteiger partial charge in [0.25, 0.3) is 0 Å². The van der Waals surface area contributed by atoms with Crippen molar-refractivity contribution in [2.75, 3.05) is 7.05 Å². The molecule has 0 amide bonds. The lowest BCUT2D eigenvalue weighted by Crippen LogP contribution is -2.48. The summed E-state index contributed by atoms with van der Waals surface area (Å²) in [6, 6.07) is 6.16. The van der Waals surface area contributed by atoms with Crippen LogP contribution >= 0.6 is 0 Å². The van der Waals surface area contributed by atoms with Crippen molar-refractivity contribution in [2.24, 2.45) is 5.41 Å². The van der Waals surface area contributed by atoms with E-state index in [-0.39, 0.29) is 6.04 Å². The number of rotatable bonds is 4. The Kier molecular flexibility index (Phi) is 3.44.